The number of amides is 1. The normalized spacial score (nSPS) is 13.4. The maximum atomic E-state index is 11.2. The summed E-state index contributed by atoms with van der Waals surface area (Å²) in [7, 11) is 0. The van der Waals surface area contributed by atoms with Gasteiger partial charge in [-0.2, -0.15) is 0 Å². The fourth-order valence-corrected chi connectivity index (χ4v) is 0.982. The van der Waals surface area contributed by atoms with E-state index in [0.29, 0.717) is 13.0 Å². The summed E-state index contributed by atoms with van der Waals surface area (Å²) < 4.78 is 5.02. The first-order chi connectivity index (χ1) is 6.89. The molecule has 0 heterocycles. The number of aliphatic hydroxyl groups excluding tert-OH is 2. The summed E-state index contributed by atoms with van der Waals surface area (Å²) in [6, 6.07) is 0. The number of alkyl carbamates (subject to hydrolysis) is 1. The molecule has 15 heavy (non-hydrogen) atoms. The third-order valence-electron chi connectivity index (χ3n) is 1.73. The van der Waals surface area contributed by atoms with Crippen LogP contribution in [0.1, 0.15) is 27.2 Å². The van der Waals surface area contributed by atoms with Gasteiger partial charge < -0.3 is 20.3 Å². The molecule has 0 aliphatic rings. The van der Waals surface area contributed by atoms with Gasteiger partial charge in [0.15, 0.2) is 0 Å². The predicted molar refractivity (Wildman–Crippen MR) is 56.5 cm³/mol. The highest BCUT2D eigenvalue weighted by Gasteiger charge is 2.16. The third-order valence-corrected chi connectivity index (χ3v) is 1.73. The van der Waals surface area contributed by atoms with E-state index in [1.54, 1.807) is 20.8 Å². The average molecular weight is 219 g/mol. The van der Waals surface area contributed by atoms with E-state index < -0.39 is 11.7 Å². The van der Waals surface area contributed by atoms with E-state index in [1.165, 1.54) is 0 Å². The van der Waals surface area contributed by atoms with Gasteiger partial charge in [-0.15, -0.1) is 0 Å². The number of carbonyl (C=O) groups excluding carboxylic acids is 1. The Morgan fingerprint density at radius 2 is 2.00 bits per heavy atom. The lowest BCUT2D eigenvalue weighted by Crippen LogP contribution is -2.36. The first-order valence-electron chi connectivity index (χ1n) is 5.07. The number of ether oxygens (including phenoxy) is 1. The summed E-state index contributed by atoms with van der Waals surface area (Å²) in [5.74, 6) is -0.123. The number of rotatable bonds is 5. The number of aliphatic hydroxyl groups is 2. The van der Waals surface area contributed by atoms with Crippen molar-refractivity contribution in [3.05, 3.63) is 0 Å². The highest BCUT2D eigenvalue weighted by atomic mass is 16.6. The lowest BCUT2D eigenvalue weighted by molar-refractivity contribution is 0.0508. The maximum absolute atomic E-state index is 11.2. The molecular weight excluding hydrogens is 198 g/mol. The predicted octanol–water partition coefficient (Wildman–Crippen LogP) is 0.502. The Bertz CT molecular complexity index is 188. The van der Waals surface area contributed by atoms with Gasteiger partial charge in [0.2, 0.25) is 0 Å². The second-order valence-corrected chi connectivity index (χ2v) is 4.44. The summed E-state index contributed by atoms with van der Waals surface area (Å²) in [6.07, 6.45) is -0.0364. The zero-order valence-corrected chi connectivity index (χ0v) is 9.62. The Morgan fingerprint density at radius 1 is 1.40 bits per heavy atom. The van der Waals surface area contributed by atoms with Gasteiger partial charge in [-0.05, 0) is 27.2 Å². The monoisotopic (exact) mass is 219 g/mol. The van der Waals surface area contributed by atoms with Crippen LogP contribution in [0.25, 0.3) is 0 Å². The Hall–Kier alpha value is -0.810. The number of carbonyl (C=O) groups is 1. The molecular formula is C10H21NO4. The third kappa shape index (κ3) is 8.20. The Labute approximate surface area is 90.4 Å². The van der Waals surface area contributed by atoms with Crippen molar-refractivity contribution in [2.45, 2.75) is 32.8 Å². The fraction of sp³-hybridized carbons (Fsp3) is 0.900. The second kappa shape index (κ2) is 6.63. The smallest absolute Gasteiger partial charge is 0.407 e. The van der Waals surface area contributed by atoms with Gasteiger partial charge in [0.05, 0.1) is 0 Å². The van der Waals surface area contributed by atoms with Crippen LogP contribution in [0.4, 0.5) is 4.79 Å². The SMILES string of the molecule is CC(C)(C)OC(=O)NC[C@H](CO)CCO. The number of hydrogen-bond donors (Lipinski definition) is 3. The topological polar surface area (TPSA) is 78.8 Å². The van der Waals surface area contributed by atoms with Crippen LogP contribution in [0.5, 0.6) is 0 Å². The fourth-order valence-electron chi connectivity index (χ4n) is 0.982. The Balaban J connectivity index is 3.78. The molecule has 0 fully saturated rings. The van der Waals surface area contributed by atoms with Crippen molar-refractivity contribution in [1.82, 2.24) is 5.32 Å². The van der Waals surface area contributed by atoms with E-state index in [4.69, 9.17) is 14.9 Å². The first kappa shape index (κ1) is 14.2. The van der Waals surface area contributed by atoms with Crippen molar-refractivity contribution in [2.24, 2.45) is 5.92 Å². The van der Waals surface area contributed by atoms with Crippen LogP contribution in [0.3, 0.4) is 0 Å². The molecule has 0 aliphatic carbocycles. The van der Waals surface area contributed by atoms with E-state index in [-0.39, 0.29) is 19.1 Å². The molecule has 0 aromatic rings. The van der Waals surface area contributed by atoms with Gasteiger partial charge >= 0.3 is 6.09 Å². The largest absolute Gasteiger partial charge is 0.444 e. The maximum Gasteiger partial charge on any atom is 0.407 e. The summed E-state index contributed by atoms with van der Waals surface area (Å²) in [4.78, 5) is 11.2. The first-order valence-corrected chi connectivity index (χ1v) is 5.07. The number of hydrogen-bond acceptors (Lipinski definition) is 4. The van der Waals surface area contributed by atoms with Crippen LogP contribution in [-0.4, -0.2) is 41.7 Å². The molecule has 0 unspecified atom stereocenters. The van der Waals surface area contributed by atoms with Crippen molar-refractivity contribution in [1.29, 1.82) is 0 Å². The molecule has 1 amide bonds. The van der Waals surface area contributed by atoms with Crippen molar-refractivity contribution in [2.75, 3.05) is 19.8 Å². The van der Waals surface area contributed by atoms with Gasteiger partial charge in [-0.3, -0.25) is 0 Å². The summed E-state index contributed by atoms with van der Waals surface area (Å²) >= 11 is 0. The van der Waals surface area contributed by atoms with Crippen LogP contribution in [0.2, 0.25) is 0 Å². The molecule has 1 atom stereocenters. The van der Waals surface area contributed by atoms with E-state index in [2.05, 4.69) is 5.32 Å². The molecule has 0 aliphatic heterocycles. The van der Waals surface area contributed by atoms with E-state index >= 15 is 0 Å². The van der Waals surface area contributed by atoms with Gasteiger partial charge in [-0.1, -0.05) is 0 Å². The quantitative estimate of drug-likeness (QED) is 0.629. The van der Waals surface area contributed by atoms with Crippen molar-refractivity contribution < 1.29 is 19.7 Å². The number of nitrogens with one attached hydrogen (secondary N) is 1. The molecule has 0 radical (unpaired) electrons. The van der Waals surface area contributed by atoms with Crippen LogP contribution in [-0.2, 0) is 4.74 Å². The molecule has 3 N–H and O–H groups in total. The Morgan fingerprint density at radius 3 is 2.40 bits per heavy atom. The van der Waals surface area contributed by atoms with Crippen LogP contribution in [0, 0.1) is 5.92 Å². The molecule has 0 aromatic heterocycles. The zero-order chi connectivity index (χ0) is 11.9. The van der Waals surface area contributed by atoms with Crippen molar-refractivity contribution >= 4 is 6.09 Å². The van der Waals surface area contributed by atoms with Gasteiger partial charge in [0.1, 0.15) is 5.60 Å². The Kier molecular flexibility index (Phi) is 6.27. The van der Waals surface area contributed by atoms with Crippen LogP contribution < -0.4 is 5.32 Å². The second-order valence-electron chi connectivity index (χ2n) is 4.44. The minimum Gasteiger partial charge on any atom is -0.444 e. The molecule has 0 saturated carbocycles. The van der Waals surface area contributed by atoms with Gasteiger partial charge in [0.25, 0.3) is 0 Å². The molecule has 0 saturated heterocycles. The van der Waals surface area contributed by atoms with E-state index in [1.807, 2.05) is 0 Å². The van der Waals surface area contributed by atoms with E-state index in [0.717, 1.165) is 0 Å². The van der Waals surface area contributed by atoms with Crippen LogP contribution in [0.15, 0.2) is 0 Å². The minimum absolute atomic E-state index is 0.00122. The summed E-state index contributed by atoms with van der Waals surface area (Å²) in [5.41, 5.74) is -0.518. The van der Waals surface area contributed by atoms with Gasteiger partial charge in [0, 0.05) is 25.7 Å². The minimum atomic E-state index is -0.518. The average Bonchev–Trinajstić information content (AvgIpc) is 2.09. The van der Waals surface area contributed by atoms with Gasteiger partial charge in [-0.25, -0.2) is 4.79 Å². The van der Waals surface area contributed by atoms with E-state index in [9.17, 15) is 4.79 Å². The molecule has 0 spiro atoms. The molecule has 0 rings (SSSR count). The summed E-state index contributed by atoms with van der Waals surface area (Å²) in [6.45, 7) is 5.60. The lowest BCUT2D eigenvalue weighted by atomic mass is 10.1. The lowest BCUT2D eigenvalue weighted by Gasteiger charge is -2.21. The highest BCUT2D eigenvalue weighted by Crippen LogP contribution is 2.07. The highest BCUT2D eigenvalue weighted by molar-refractivity contribution is 5.67. The molecule has 5 heteroatoms. The molecule has 0 aromatic carbocycles. The van der Waals surface area contributed by atoms with Crippen LogP contribution >= 0.6 is 0 Å². The molecule has 5 nitrogen and oxygen atoms in total. The zero-order valence-electron chi connectivity index (χ0n) is 9.62. The molecule has 0 bridgehead atoms. The summed E-state index contributed by atoms with van der Waals surface area (Å²) in [5, 5.41) is 20.1. The van der Waals surface area contributed by atoms with Crippen molar-refractivity contribution in [3.63, 3.8) is 0 Å². The van der Waals surface area contributed by atoms with Crippen molar-refractivity contribution in [3.8, 4) is 0 Å². The molecule has 90 valence electrons. The standard InChI is InChI=1S/C10H21NO4/c1-10(2,3)15-9(14)11-6-8(7-13)4-5-12/h8,12-13H,4-7H2,1-3H3,(H,11,14)/t8-/m1/s1.